The number of allylic oxidation sites excluding steroid dienone is 2. The molecule has 5 rings (SSSR count). The summed E-state index contributed by atoms with van der Waals surface area (Å²) in [6.07, 6.45) is 7.05. The molecule has 0 radical (unpaired) electrons. The highest BCUT2D eigenvalue weighted by Gasteiger charge is 2.63. The van der Waals surface area contributed by atoms with Gasteiger partial charge >= 0.3 is 5.97 Å². The lowest BCUT2D eigenvalue weighted by atomic mass is 9.47. The van der Waals surface area contributed by atoms with E-state index >= 15 is 0 Å². The summed E-state index contributed by atoms with van der Waals surface area (Å²) in [4.78, 5) is 11.6. The highest BCUT2D eigenvalue weighted by molar-refractivity contribution is 5.66. The van der Waals surface area contributed by atoms with Gasteiger partial charge in [0.2, 0.25) is 0 Å². The van der Waals surface area contributed by atoms with Crippen LogP contribution in [0.5, 0.6) is 0 Å². The van der Waals surface area contributed by atoms with Crippen LogP contribution in [0.3, 0.4) is 0 Å². The van der Waals surface area contributed by atoms with Gasteiger partial charge < -0.3 is 19.7 Å². The van der Waals surface area contributed by atoms with Crippen LogP contribution >= 0.6 is 0 Å². The van der Waals surface area contributed by atoms with Crippen molar-refractivity contribution in [3.63, 3.8) is 0 Å². The number of epoxide rings is 1. The Morgan fingerprint density at radius 2 is 1.74 bits per heavy atom. The molecule has 5 nitrogen and oxygen atoms in total. The lowest BCUT2D eigenvalue weighted by Crippen LogP contribution is -2.60. The standard InChI is InChI=1S/C30H48O5/c1-15(2)16(3)26-27(35-26)17(4)20-10-11-21-19-8-9-23-25(33)28(34-18(5)31)24(32)14-30(23,7)22(19)12-13-29(20,21)6/h8,15-17,20-28,32-33H,9-14H2,1-7H3/t16-,17-,20+,21-,22-,23-,24+,25-,26-,27-,28-,29+,30+/m0/s1. The summed E-state index contributed by atoms with van der Waals surface area (Å²) in [6.45, 7) is 15.6. The third-order valence-corrected chi connectivity index (χ3v) is 11.8. The van der Waals surface area contributed by atoms with E-state index < -0.39 is 24.3 Å². The maximum Gasteiger partial charge on any atom is 0.303 e. The Hall–Kier alpha value is -0.910. The summed E-state index contributed by atoms with van der Waals surface area (Å²) in [5.74, 6) is 3.10. The molecule has 198 valence electrons. The molecule has 3 saturated carbocycles. The minimum atomic E-state index is -0.818. The van der Waals surface area contributed by atoms with Crippen LogP contribution in [0.1, 0.15) is 87.0 Å². The summed E-state index contributed by atoms with van der Waals surface area (Å²) in [5.41, 5.74) is 1.73. The molecule has 0 spiro atoms. The van der Waals surface area contributed by atoms with Crippen LogP contribution in [0.25, 0.3) is 0 Å². The number of hydrogen-bond acceptors (Lipinski definition) is 5. The van der Waals surface area contributed by atoms with Gasteiger partial charge in [0.25, 0.3) is 0 Å². The van der Waals surface area contributed by atoms with Crippen LogP contribution < -0.4 is 0 Å². The highest BCUT2D eigenvalue weighted by Crippen LogP contribution is 2.67. The van der Waals surface area contributed by atoms with Gasteiger partial charge in [-0.25, -0.2) is 0 Å². The zero-order chi connectivity index (χ0) is 25.4. The summed E-state index contributed by atoms with van der Waals surface area (Å²) >= 11 is 0. The van der Waals surface area contributed by atoms with Crippen molar-refractivity contribution in [1.82, 2.24) is 0 Å². The molecule has 0 aromatic rings. The highest BCUT2D eigenvalue weighted by atomic mass is 16.6. The number of rotatable bonds is 5. The Morgan fingerprint density at radius 3 is 2.40 bits per heavy atom. The molecule has 1 aliphatic heterocycles. The maximum atomic E-state index is 11.6. The van der Waals surface area contributed by atoms with Crippen LogP contribution in [-0.4, -0.2) is 46.7 Å². The van der Waals surface area contributed by atoms with E-state index in [1.54, 1.807) is 5.57 Å². The number of aliphatic hydroxyl groups is 2. The number of ether oxygens (including phenoxy) is 2. The monoisotopic (exact) mass is 488 g/mol. The van der Waals surface area contributed by atoms with E-state index in [4.69, 9.17) is 9.47 Å². The van der Waals surface area contributed by atoms with Crippen molar-refractivity contribution in [3.8, 4) is 0 Å². The first-order chi connectivity index (χ1) is 16.4. The smallest absolute Gasteiger partial charge is 0.303 e. The number of aliphatic hydroxyl groups excluding tert-OH is 2. The first-order valence-corrected chi connectivity index (χ1v) is 14.3. The molecule has 2 N–H and O–H groups in total. The van der Waals surface area contributed by atoms with Gasteiger partial charge in [-0.3, -0.25) is 4.79 Å². The van der Waals surface area contributed by atoms with Crippen molar-refractivity contribution in [2.45, 2.75) is 118 Å². The van der Waals surface area contributed by atoms with Crippen molar-refractivity contribution in [2.24, 2.45) is 52.3 Å². The molecule has 0 aromatic carbocycles. The second-order valence-electron chi connectivity index (χ2n) is 13.7. The van der Waals surface area contributed by atoms with Gasteiger partial charge in [0.05, 0.1) is 24.4 Å². The average molecular weight is 489 g/mol. The van der Waals surface area contributed by atoms with E-state index in [9.17, 15) is 15.0 Å². The van der Waals surface area contributed by atoms with Crippen LogP contribution in [0, 0.1) is 52.3 Å². The van der Waals surface area contributed by atoms with E-state index in [2.05, 4.69) is 47.6 Å². The average Bonchev–Trinajstić information content (AvgIpc) is 3.49. The molecule has 35 heavy (non-hydrogen) atoms. The van der Waals surface area contributed by atoms with E-state index in [0.717, 1.165) is 12.8 Å². The summed E-state index contributed by atoms with van der Waals surface area (Å²) in [5, 5.41) is 22.1. The Kier molecular flexibility index (Phi) is 6.50. The minimum absolute atomic E-state index is 0.0163. The molecule has 0 unspecified atom stereocenters. The Labute approximate surface area is 212 Å². The molecular weight excluding hydrogens is 440 g/mol. The number of fused-ring (bicyclic) bond motifs is 5. The van der Waals surface area contributed by atoms with Crippen molar-refractivity contribution >= 4 is 5.97 Å². The third-order valence-electron chi connectivity index (χ3n) is 11.8. The quantitative estimate of drug-likeness (QED) is 0.318. The van der Waals surface area contributed by atoms with Gasteiger partial charge in [0, 0.05) is 6.92 Å². The Bertz CT molecular complexity index is 867. The van der Waals surface area contributed by atoms with Crippen molar-refractivity contribution < 1.29 is 24.5 Å². The zero-order valence-corrected chi connectivity index (χ0v) is 22.9. The van der Waals surface area contributed by atoms with E-state index in [-0.39, 0.29) is 11.3 Å². The van der Waals surface area contributed by atoms with Crippen molar-refractivity contribution in [3.05, 3.63) is 11.6 Å². The van der Waals surface area contributed by atoms with Gasteiger partial charge in [0.1, 0.15) is 0 Å². The summed E-state index contributed by atoms with van der Waals surface area (Å²) < 4.78 is 11.7. The number of carbonyl (C=O) groups excluding carboxylic acids is 1. The molecule has 0 amide bonds. The van der Waals surface area contributed by atoms with Crippen molar-refractivity contribution in [1.29, 1.82) is 0 Å². The number of hydrogen-bond donors (Lipinski definition) is 2. The van der Waals surface area contributed by atoms with Crippen LogP contribution in [0.2, 0.25) is 0 Å². The second kappa shape index (κ2) is 8.84. The lowest BCUT2D eigenvalue weighted by molar-refractivity contribution is -0.198. The molecule has 1 saturated heterocycles. The fourth-order valence-electron chi connectivity index (χ4n) is 9.46. The van der Waals surface area contributed by atoms with Gasteiger partial charge in [-0.2, -0.15) is 0 Å². The van der Waals surface area contributed by atoms with E-state index in [0.29, 0.717) is 59.6 Å². The topological polar surface area (TPSA) is 79.3 Å². The fraction of sp³-hybridized carbons (Fsp3) is 0.900. The number of carbonyl (C=O) groups is 1. The molecule has 4 aliphatic carbocycles. The largest absolute Gasteiger partial charge is 0.457 e. The SMILES string of the molecule is CC(=O)O[C@@H]1[C@@H](O)[C@@H]2CC=C3[C@@H]4CC[C@H]([C@H](C)[C@@H]5O[C@H]5[C@@H](C)C(C)C)[C@@]4(C)CC[C@@H]3[C@@]2(C)C[C@H]1O. The Morgan fingerprint density at radius 1 is 1.06 bits per heavy atom. The maximum absolute atomic E-state index is 11.6. The second-order valence-corrected chi connectivity index (χ2v) is 13.7. The van der Waals surface area contributed by atoms with Gasteiger partial charge in [-0.15, -0.1) is 0 Å². The molecule has 0 bridgehead atoms. The molecule has 1 heterocycles. The normalized spacial score (nSPS) is 50.5. The molecule has 13 atom stereocenters. The lowest BCUT2D eigenvalue weighted by Gasteiger charge is -2.59. The predicted molar refractivity (Wildman–Crippen MR) is 135 cm³/mol. The first-order valence-electron chi connectivity index (χ1n) is 14.3. The van der Waals surface area contributed by atoms with Crippen LogP contribution in [0.4, 0.5) is 0 Å². The zero-order valence-electron chi connectivity index (χ0n) is 22.9. The van der Waals surface area contributed by atoms with Crippen LogP contribution in [0.15, 0.2) is 11.6 Å². The van der Waals surface area contributed by atoms with E-state index in [1.165, 1.54) is 26.2 Å². The predicted octanol–water partition coefficient (Wildman–Crippen LogP) is 5.13. The molecular formula is C30H48O5. The van der Waals surface area contributed by atoms with E-state index in [1.807, 2.05) is 0 Å². The summed E-state index contributed by atoms with van der Waals surface area (Å²) in [7, 11) is 0. The summed E-state index contributed by atoms with van der Waals surface area (Å²) in [6, 6.07) is 0. The third kappa shape index (κ3) is 3.94. The Balaban J connectivity index is 1.35. The molecule has 5 aliphatic rings. The van der Waals surface area contributed by atoms with Gasteiger partial charge in [-0.05, 0) is 90.8 Å². The fourth-order valence-corrected chi connectivity index (χ4v) is 9.46. The molecule has 0 aromatic heterocycles. The van der Waals surface area contributed by atoms with Gasteiger partial charge in [0.15, 0.2) is 6.10 Å². The first kappa shape index (κ1) is 25.7. The van der Waals surface area contributed by atoms with Crippen LogP contribution in [-0.2, 0) is 14.3 Å². The number of esters is 1. The minimum Gasteiger partial charge on any atom is -0.457 e. The van der Waals surface area contributed by atoms with Gasteiger partial charge in [-0.1, -0.05) is 53.2 Å². The van der Waals surface area contributed by atoms with Crippen molar-refractivity contribution in [2.75, 3.05) is 0 Å². The molecule has 5 heteroatoms. The molecule has 4 fully saturated rings.